The third kappa shape index (κ3) is 4.67. The van der Waals surface area contributed by atoms with Crippen molar-refractivity contribution >= 4 is 11.6 Å². The second kappa shape index (κ2) is 7.77. The molecule has 1 N–H and O–H groups in total. The third-order valence-electron chi connectivity index (χ3n) is 4.68. The SMILES string of the molecule is O=C(CC[C@@H]1CCCO1)N[C@H]1CCCN(c2cccc(F)c2)C1. The molecule has 1 amide bonds. The molecule has 4 nitrogen and oxygen atoms in total. The first-order valence-electron chi connectivity index (χ1n) is 8.62. The summed E-state index contributed by atoms with van der Waals surface area (Å²) in [6.45, 7) is 2.48. The highest BCUT2D eigenvalue weighted by Gasteiger charge is 2.23. The molecule has 126 valence electrons. The maximum atomic E-state index is 13.4. The van der Waals surface area contributed by atoms with Gasteiger partial charge in [0.05, 0.1) is 6.10 Å². The van der Waals surface area contributed by atoms with Crippen LogP contribution >= 0.6 is 0 Å². The van der Waals surface area contributed by atoms with Crippen molar-refractivity contribution in [3.05, 3.63) is 30.1 Å². The number of nitrogens with one attached hydrogen (secondary N) is 1. The van der Waals surface area contributed by atoms with Gasteiger partial charge in [-0.05, 0) is 50.3 Å². The van der Waals surface area contributed by atoms with Gasteiger partial charge in [-0.3, -0.25) is 4.79 Å². The van der Waals surface area contributed by atoms with Crippen molar-refractivity contribution in [2.75, 3.05) is 24.6 Å². The van der Waals surface area contributed by atoms with E-state index in [4.69, 9.17) is 4.74 Å². The van der Waals surface area contributed by atoms with E-state index in [1.54, 1.807) is 12.1 Å². The molecule has 2 atom stereocenters. The monoisotopic (exact) mass is 320 g/mol. The standard InChI is InChI=1S/C18H25FN2O2/c19-14-4-1-6-16(12-14)21-10-2-5-15(13-21)20-18(22)9-8-17-7-3-11-23-17/h1,4,6,12,15,17H,2-3,5,7-11,13H2,(H,20,22)/t15-,17-/m0/s1. The Bertz CT molecular complexity index is 532. The average Bonchev–Trinajstić information content (AvgIpc) is 3.07. The number of amides is 1. The first-order valence-corrected chi connectivity index (χ1v) is 8.62. The highest BCUT2D eigenvalue weighted by molar-refractivity contribution is 5.76. The second-order valence-electron chi connectivity index (χ2n) is 6.51. The van der Waals surface area contributed by atoms with Crippen LogP contribution in [0, 0.1) is 5.82 Å². The van der Waals surface area contributed by atoms with Crippen LogP contribution in [0.1, 0.15) is 38.5 Å². The third-order valence-corrected chi connectivity index (χ3v) is 4.68. The summed E-state index contributed by atoms with van der Waals surface area (Å²) >= 11 is 0. The Morgan fingerprint density at radius 2 is 2.26 bits per heavy atom. The Labute approximate surface area is 137 Å². The molecule has 3 rings (SSSR count). The number of carbonyl (C=O) groups excluding carboxylic acids is 1. The molecule has 5 heteroatoms. The Hall–Kier alpha value is -1.62. The van der Waals surface area contributed by atoms with Crippen molar-refractivity contribution in [2.45, 2.75) is 50.7 Å². The summed E-state index contributed by atoms with van der Waals surface area (Å²) in [5.41, 5.74) is 0.892. The van der Waals surface area contributed by atoms with Gasteiger partial charge in [0.25, 0.3) is 0 Å². The van der Waals surface area contributed by atoms with E-state index in [0.29, 0.717) is 6.42 Å². The minimum absolute atomic E-state index is 0.103. The van der Waals surface area contributed by atoms with Crippen LogP contribution in [-0.4, -0.2) is 37.7 Å². The molecule has 0 aromatic heterocycles. The van der Waals surface area contributed by atoms with Gasteiger partial charge in [0.2, 0.25) is 5.91 Å². The lowest BCUT2D eigenvalue weighted by molar-refractivity contribution is -0.122. The molecule has 2 aliphatic heterocycles. The van der Waals surface area contributed by atoms with Gasteiger partial charge in [-0.1, -0.05) is 6.07 Å². The summed E-state index contributed by atoms with van der Waals surface area (Å²) in [6.07, 6.45) is 5.77. The first kappa shape index (κ1) is 16.2. The van der Waals surface area contributed by atoms with Gasteiger partial charge in [-0.25, -0.2) is 4.39 Å². The van der Waals surface area contributed by atoms with Gasteiger partial charge >= 0.3 is 0 Å². The predicted octanol–water partition coefficient (Wildman–Crippen LogP) is 2.87. The van der Waals surface area contributed by atoms with Gasteiger partial charge in [0.1, 0.15) is 5.82 Å². The number of hydrogen-bond donors (Lipinski definition) is 1. The van der Waals surface area contributed by atoms with Crippen molar-refractivity contribution in [3.8, 4) is 0 Å². The fourth-order valence-electron chi connectivity index (χ4n) is 3.47. The van der Waals surface area contributed by atoms with Crippen LogP contribution in [0.15, 0.2) is 24.3 Å². The zero-order valence-corrected chi connectivity index (χ0v) is 13.5. The van der Waals surface area contributed by atoms with Crippen molar-refractivity contribution in [3.63, 3.8) is 0 Å². The number of piperidine rings is 1. The van der Waals surface area contributed by atoms with E-state index >= 15 is 0 Å². The smallest absolute Gasteiger partial charge is 0.220 e. The van der Waals surface area contributed by atoms with Crippen molar-refractivity contribution in [2.24, 2.45) is 0 Å². The fraction of sp³-hybridized carbons (Fsp3) is 0.611. The van der Waals surface area contributed by atoms with Crippen LogP contribution in [0.25, 0.3) is 0 Å². The molecule has 2 saturated heterocycles. The van der Waals surface area contributed by atoms with E-state index < -0.39 is 0 Å². The molecular formula is C18H25FN2O2. The summed E-state index contributed by atoms with van der Waals surface area (Å²) in [5.74, 6) is -0.114. The Morgan fingerprint density at radius 3 is 3.04 bits per heavy atom. The first-order chi connectivity index (χ1) is 11.2. The molecule has 23 heavy (non-hydrogen) atoms. The zero-order valence-electron chi connectivity index (χ0n) is 13.5. The number of hydrogen-bond acceptors (Lipinski definition) is 3. The van der Waals surface area contributed by atoms with E-state index in [1.807, 2.05) is 6.07 Å². The Balaban J connectivity index is 1.47. The van der Waals surface area contributed by atoms with Gasteiger partial charge in [-0.2, -0.15) is 0 Å². The number of rotatable bonds is 5. The van der Waals surface area contributed by atoms with Crippen LogP contribution in [0.3, 0.4) is 0 Å². The van der Waals surface area contributed by atoms with Crippen molar-refractivity contribution < 1.29 is 13.9 Å². The number of nitrogens with zero attached hydrogens (tertiary/aromatic N) is 1. The average molecular weight is 320 g/mol. The minimum Gasteiger partial charge on any atom is -0.378 e. The van der Waals surface area contributed by atoms with Gasteiger partial charge in [0.15, 0.2) is 0 Å². The van der Waals surface area contributed by atoms with Crippen LogP contribution in [-0.2, 0) is 9.53 Å². The lowest BCUT2D eigenvalue weighted by Crippen LogP contribution is -2.47. The summed E-state index contributed by atoms with van der Waals surface area (Å²) in [7, 11) is 0. The van der Waals surface area contributed by atoms with E-state index in [9.17, 15) is 9.18 Å². The lowest BCUT2D eigenvalue weighted by Gasteiger charge is -2.34. The molecule has 1 aromatic rings. The number of halogens is 1. The van der Waals surface area contributed by atoms with E-state index in [2.05, 4.69) is 10.2 Å². The number of benzene rings is 1. The summed E-state index contributed by atoms with van der Waals surface area (Å²) in [4.78, 5) is 14.3. The minimum atomic E-state index is -0.217. The Kier molecular flexibility index (Phi) is 5.49. The molecule has 2 aliphatic rings. The summed E-state index contributed by atoms with van der Waals surface area (Å²) < 4.78 is 18.9. The number of ether oxygens (including phenoxy) is 1. The Morgan fingerprint density at radius 1 is 1.35 bits per heavy atom. The van der Waals surface area contributed by atoms with Crippen LogP contribution in [0.4, 0.5) is 10.1 Å². The number of carbonyl (C=O) groups is 1. The highest BCUT2D eigenvalue weighted by Crippen LogP contribution is 2.21. The summed E-state index contributed by atoms with van der Waals surface area (Å²) in [6, 6.07) is 6.81. The molecule has 1 aromatic carbocycles. The highest BCUT2D eigenvalue weighted by atomic mass is 19.1. The fourth-order valence-corrected chi connectivity index (χ4v) is 3.47. The predicted molar refractivity (Wildman–Crippen MR) is 88.0 cm³/mol. The van der Waals surface area contributed by atoms with Gasteiger partial charge < -0.3 is 15.0 Å². The van der Waals surface area contributed by atoms with Crippen LogP contribution < -0.4 is 10.2 Å². The molecule has 0 radical (unpaired) electrons. The molecular weight excluding hydrogens is 295 g/mol. The van der Waals surface area contributed by atoms with E-state index in [1.165, 1.54) is 6.07 Å². The normalized spacial score (nSPS) is 24.7. The molecule has 2 heterocycles. The second-order valence-corrected chi connectivity index (χ2v) is 6.51. The van der Waals surface area contributed by atoms with Gasteiger partial charge in [-0.15, -0.1) is 0 Å². The molecule has 2 fully saturated rings. The quantitative estimate of drug-likeness (QED) is 0.907. The largest absolute Gasteiger partial charge is 0.378 e. The zero-order chi connectivity index (χ0) is 16.1. The molecule has 0 unspecified atom stereocenters. The molecule has 0 bridgehead atoms. The van der Waals surface area contributed by atoms with Crippen molar-refractivity contribution in [1.82, 2.24) is 5.32 Å². The maximum Gasteiger partial charge on any atom is 0.220 e. The maximum absolute atomic E-state index is 13.4. The topological polar surface area (TPSA) is 41.6 Å². The molecule has 0 spiro atoms. The summed E-state index contributed by atoms with van der Waals surface area (Å²) in [5, 5.41) is 3.13. The van der Waals surface area contributed by atoms with Crippen LogP contribution in [0.2, 0.25) is 0 Å². The van der Waals surface area contributed by atoms with E-state index in [-0.39, 0.29) is 23.9 Å². The molecule has 0 aliphatic carbocycles. The number of anilines is 1. The van der Waals surface area contributed by atoms with Crippen molar-refractivity contribution in [1.29, 1.82) is 0 Å². The molecule has 0 saturated carbocycles. The van der Waals surface area contributed by atoms with E-state index in [0.717, 1.165) is 57.5 Å². The van der Waals surface area contributed by atoms with Crippen LogP contribution in [0.5, 0.6) is 0 Å². The lowest BCUT2D eigenvalue weighted by atomic mass is 10.0. The van der Waals surface area contributed by atoms with Gasteiger partial charge in [0, 0.05) is 37.8 Å².